The van der Waals surface area contributed by atoms with Crippen LogP contribution in [-0.4, -0.2) is 30.6 Å². The number of primary amides is 1. The Hall–Kier alpha value is -0.770. The molecule has 0 aromatic rings. The SMILES string of the molecule is NCCCCCCCCC1CCCN(C(N)=O)C1. The zero-order valence-electron chi connectivity index (χ0n) is 11.6. The van der Waals surface area contributed by atoms with Gasteiger partial charge in [0.2, 0.25) is 0 Å². The smallest absolute Gasteiger partial charge is 0.314 e. The number of likely N-dealkylation sites (tertiary alicyclic amines) is 1. The van der Waals surface area contributed by atoms with Gasteiger partial charge in [0.15, 0.2) is 0 Å². The molecule has 0 aromatic carbocycles. The minimum Gasteiger partial charge on any atom is -0.351 e. The molecule has 4 N–H and O–H groups in total. The van der Waals surface area contributed by atoms with Gasteiger partial charge in [0.05, 0.1) is 0 Å². The Balaban J connectivity index is 2.00. The van der Waals surface area contributed by atoms with Crippen molar-refractivity contribution in [3.63, 3.8) is 0 Å². The lowest BCUT2D eigenvalue weighted by molar-refractivity contribution is 0.169. The topological polar surface area (TPSA) is 72.3 Å². The summed E-state index contributed by atoms with van der Waals surface area (Å²) in [6.45, 7) is 2.55. The van der Waals surface area contributed by atoms with E-state index in [9.17, 15) is 4.79 Å². The molecule has 1 atom stereocenters. The van der Waals surface area contributed by atoms with E-state index < -0.39 is 0 Å². The fourth-order valence-electron chi connectivity index (χ4n) is 2.79. The minimum absolute atomic E-state index is 0.249. The van der Waals surface area contributed by atoms with Crippen LogP contribution in [0.5, 0.6) is 0 Å². The number of carbonyl (C=O) groups excluding carboxylic acids is 1. The highest BCUT2D eigenvalue weighted by atomic mass is 16.2. The van der Waals surface area contributed by atoms with Crippen LogP contribution in [0.2, 0.25) is 0 Å². The number of amides is 2. The van der Waals surface area contributed by atoms with E-state index in [-0.39, 0.29) is 6.03 Å². The van der Waals surface area contributed by atoms with E-state index in [1.807, 2.05) is 0 Å². The molecule has 4 heteroatoms. The maximum atomic E-state index is 11.1. The number of nitrogens with zero attached hydrogens (tertiary/aromatic N) is 1. The summed E-state index contributed by atoms with van der Waals surface area (Å²) in [6.07, 6.45) is 11.3. The van der Waals surface area contributed by atoms with Gasteiger partial charge in [0, 0.05) is 13.1 Å². The summed E-state index contributed by atoms with van der Waals surface area (Å²) >= 11 is 0. The predicted molar refractivity (Wildman–Crippen MR) is 75.3 cm³/mol. The van der Waals surface area contributed by atoms with Crippen LogP contribution in [-0.2, 0) is 0 Å². The van der Waals surface area contributed by atoms with Gasteiger partial charge in [-0.2, -0.15) is 0 Å². The molecule has 18 heavy (non-hydrogen) atoms. The first-order valence-corrected chi connectivity index (χ1v) is 7.48. The molecular formula is C14H29N3O. The number of unbranched alkanes of at least 4 members (excludes halogenated alkanes) is 5. The molecule has 1 aliphatic heterocycles. The number of hydrogen-bond donors (Lipinski definition) is 2. The normalized spacial score (nSPS) is 20.1. The second-order valence-electron chi connectivity index (χ2n) is 5.49. The third-order valence-corrected chi connectivity index (χ3v) is 3.90. The summed E-state index contributed by atoms with van der Waals surface area (Å²) in [6, 6.07) is -0.249. The largest absolute Gasteiger partial charge is 0.351 e. The van der Waals surface area contributed by atoms with Crippen LogP contribution in [0.1, 0.15) is 57.8 Å². The van der Waals surface area contributed by atoms with Crippen molar-refractivity contribution >= 4 is 6.03 Å². The van der Waals surface area contributed by atoms with E-state index in [4.69, 9.17) is 11.5 Å². The zero-order chi connectivity index (χ0) is 13.2. The Labute approximate surface area is 111 Å². The Bertz CT molecular complexity index is 233. The highest BCUT2D eigenvalue weighted by Crippen LogP contribution is 2.22. The van der Waals surface area contributed by atoms with E-state index >= 15 is 0 Å². The highest BCUT2D eigenvalue weighted by Gasteiger charge is 2.21. The van der Waals surface area contributed by atoms with Crippen molar-refractivity contribution in [2.24, 2.45) is 17.4 Å². The van der Waals surface area contributed by atoms with Crippen molar-refractivity contribution in [2.45, 2.75) is 57.8 Å². The maximum Gasteiger partial charge on any atom is 0.314 e. The first-order valence-electron chi connectivity index (χ1n) is 7.48. The van der Waals surface area contributed by atoms with Crippen LogP contribution < -0.4 is 11.5 Å². The zero-order valence-corrected chi connectivity index (χ0v) is 11.6. The maximum absolute atomic E-state index is 11.1. The third kappa shape index (κ3) is 6.24. The molecule has 0 radical (unpaired) electrons. The van der Waals surface area contributed by atoms with Gasteiger partial charge in [-0.3, -0.25) is 0 Å². The van der Waals surface area contributed by atoms with Gasteiger partial charge in [0.25, 0.3) is 0 Å². The van der Waals surface area contributed by atoms with Crippen molar-refractivity contribution in [3.05, 3.63) is 0 Å². The second-order valence-corrected chi connectivity index (χ2v) is 5.49. The first kappa shape index (κ1) is 15.3. The molecule has 2 amide bonds. The number of rotatable bonds is 8. The molecule has 1 saturated heterocycles. The predicted octanol–water partition coefficient (Wildman–Crippen LogP) is 2.47. The average Bonchev–Trinajstić information content (AvgIpc) is 2.38. The molecule has 0 bridgehead atoms. The molecule has 0 saturated carbocycles. The number of hydrogen-bond acceptors (Lipinski definition) is 2. The van der Waals surface area contributed by atoms with Crippen molar-refractivity contribution in [3.8, 4) is 0 Å². The van der Waals surface area contributed by atoms with Crippen LogP contribution in [0.4, 0.5) is 4.79 Å². The number of piperidine rings is 1. The lowest BCUT2D eigenvalue weighted by atomic mass is 9.92. The van der Waals surface area contributed by atoms with Gasteiger partial charge in [-0.15, -0.1) is 0 Å². The van der Waals surface area contributed by atoms with Crippen LogP contribution in [0, 0.1) is 5.92 Å². The van der Waals surface area contributed by atoms with Crippen LogP contribution in [0.15, 0.2) is 0 Å². The number of urea groups is 1. The van der Waals surface area contributed by atoms with E-state index in [0.29, 0.717) is 5.92 Å². The van der Waals surface area contributed by atoms with E-state index in [1.165, 1.54) is 44.9 Å². The quantitative estimate of drug-likeness (QED) is 0.654. The fraction of sp³-hybridized carbons (Fsp3) is 0.929. The fourth-order valence-corrected chi connectivity index (χ4v) is 2.79. The first-order chi connectivity index (χ1) is 8.74. The van der Waals surface area contributed by atoms with E-state index in [2.05, 4.69) is 0 Å². The average molecular weight is 255 g/mol. The summed E-state index contributed by atoms with van der Waals surface area (Å²) in [5, 5.41) is 0. The van der Waals surface area contributed by atoms with Crippen LogP contribution in [0.3, 0.4) is 0 Å². The Morgan fingerprint density at radius 3 is 2.44 bits per heavy atom. The van der Waals surface area contributed by atoms with Crippen molar-refractivity contribution in [1.82, 2.24) is 4.90 Å². The number of nitrogens with two attached hydrogens (primary N) is 2. The molecule has 1 fully saturated rings. The summed E-state index contributed by atoms with van der Waals surface area (Å²) < 4.78 is 0. The Morgan fingerprint density at radius 2 is 1.78 bits per heavy atom. The molecule has 106 valence electrons. The third-order valence-electron chi connectivity index (χ3n) is 3.90. The summed E-state index contributed by atoms with van der Waals surface area (Å²) in [7, 11) is 0. The molecule has 0 aromatic heterocycles. The molecule has 0 spiro atoms. The molecule has 1 heterocycles. The lowest BCUT2D eigenvalue weighted by Crippen LogP contribution is -2.42. The highest BCUT2D eigenvalue weighted by molar-refractivity contribution is 5.72. The van der Waals surface area contributed by atoms with Crippen molar-refractivity contribution < 1.29 is 4.79 Å². The monoisotopic (exact) mass is 255 g/mol. The summed E-state index contributed by atoms with van der Waals surface area (Å²) in [5.41, 5.74) is 10.8. The van der Waals surface area contributed by atoms with Crippen LogP contribution >= 0.6 is 0 Å². The van der Waals surface area contributed by atoms with Crippen molar-refractivity contribution in [2.75, 3.05) is 19.6 Å². The molecule has 1 unspecified atom stereocenters. The molecule has 0 aliphatic carbocycles. The molecule has 1 aliphatic rings. The van der Waals surface area contributed by atoms with Gasteiger partial charge in [0.1, 0.15) is 0 Å². The standard InChI is InChI=1S/C14H29N3O/c15-10-6-4-2-1-3-5-8-13-9-7-11-17(12-13)14(16)18/h13H,1-12,15H2,(H2,16,18). The van der Waals surface area contributed by atoms with Gasteiger partial charge in [-0.1, -0.05) is 32.1 Å². The van der Waals surface area contributed by atoms with Crippen LogP contribution in [0.25, 0.3) is 0 Å². The molecule has 4 nitrogen and oxygen atoms in total. The summed E-state index contributed by atoms with van der Waals surface area (Å²) in [4.78, 5) is 12.9. The van der Waals surface area contributed by atoms with Gasteiger partial charge in [-0.25, -0.2) is 4.79 Å². The molecular weight excluding hydrogens is 226 g/mol. The van der Waals surface area contributed by atoms with Gasteiger partial charge in [-0.05, 0) is 38.1 Å². The van der Waals surface area contributed by atoms with Gasteiger partial charge < -0.3 is 16.4 Å². The van der Waals surface area contributed by atoms with E-state index in [0.717, 1.165) is 32.5 Å². The summed E-state index contributed by atoms with van der Waals surface area (Å²) in [5.74, 6) is 0.676. The Morgan fingerprint density at radius 1 is 1.11 bits per heavy atom. The van der Waals surface area contributed by atoms with E-state index in [1.54, 1.807) is 4.90 Å². The van der Waals surface area contributed by atoms with Gasteiger partial charge >= 0.3 is 6.03 Å². The number of carbonyl (C=O) groups is 1. The minimum atomic E-state index is -0.249. The Kier molecular flexibility index (Phi) is 7.81. The molecule has 1 rings (SSSR count). The van der Waals surface area contributed by atoms with Crippen molar-refractivity contribution in [1.29, 1.82) is 0 Å². The second kappa shape index (κ2) is 9.20. The lowest BCUT2D eigenvalue weighted by Gasteiger charge is -2.31.